The Morgan fingerprint density at radius 3 is 2.78 bits per heavy atom. The van der Waals surface area contributed by atoms with E-state index in [-0.39, 0.29) is 6.61 Å². The minimum atomic E-state index is -0.584. The van der Waals surface area contributed by atoms with Crippen LogP contribution in [0.5, 0.6) is 5.75 Å². The smallest absolute Gasteiger partial charge is 0.121 e. The minimum absolute atomic E-state index is 0.196. The third-order valence-corrected chi connectivity index (χ3v) is 2.88. The van der Waals surface area contributed by atoms with E-state index in [2.05, 4.69) is 11.9 Å². The van der Waals surface area contributed by atoms with Crippen LogP contribution in [0.15, 0.2) is 30.4 Å². The number of rotatable bonds is 7. The lowest BCUT2D eigenvalue weighted by molar-refractivity contribution is 0.107. The number of hydrogen-bond acceptors (Lipinski definition) is 3. The van der Waals surface area contributed by atoms with Gasteiger partial charge in [-0.2, -0.15) is 0 Å². The molecule has 0 saturated heterocycles. The fraction of sp³-hybridized carbons (Fsp3) is 0.385. The highest BCUT2D eigenvalue weighted by Crippen LogP contribution is 2.26. The highest BCUT2D eigenvalue weighted by Gasteiger charge is 2.06. The zero-order valence-corrected chi connectivity index (χ0v) is 11.8. The number of aliphatic hydroxyl groups excluding tert-OH is 1. The van der Waals surface area contributed by atoms with Crippen LogP contribution in [0.25, 0.3) is 0 Å². The van der Waals surface area contributed by atoms with Crippen molar-refractivity contribution in [3.8, 4) is 5.75 Å². The number of halogens is 2. The molecule has 0 aliphatic heterocycles. The van der Waals surface area contributed by atoms with Gasteiger partial charge in [-0.1, -0.05) is 35.4 Å². The SMILES string of the molecule is C=C(C)CNCC(O)COc1ccc(Cl)c(Cl)c1. The Morgan fingerprint density at radius 1 is 1.44 bits per heavy atom. The third-order valence-electron chi connectivity index (χ3n) is 2.14. The summed E-state index contributed by atoms with van der Waals surface area (Å²) >= 11 is 11.6. The summed E-state index contributed by atoms with van der Waals surface area (Å²) in [6.07, 6.45) is -0.584. The quantitative estimate of drug-likeness (QED) is 0.759. The maximum absolute atomic E-state index is 9.67. The van der Waals surface area contributed by atoms with E-state index in [4.69, 9.17) is 27.9 Å². The molecule has 100 valence electrons. The summed E-state index contributed by atoms with van der Waals surface area (Å²) in [7, 11) is 0. The third kappa shape index (κ3) is 5.74. The molecular formula is C13H17Cl2NO2. The highest BCUT2D eigenvalue weighted by atomic mass is 35.5. The molecule has 1 aromatic rings. The van der Waals surface area contributed by atoms with Crippen molar-refractivity contribution < 1.29 is 9.84 Å². The van der Waals surface area contributed by atoms with E-state index in [0.29, 0.717) is 28.9 Å². The maximum atomic E-state index is 9.67. The molecule has 0 aliphatic rings. The van der Waals surface area contributed by atoms with Crippen LogP contribution in [0.1, 0.15) is 6.92 Å². The Kier molecular flexibility index (Phi) is 6.50. The molecule has 0 aromatic heterocycles. The van der Waals surface area contributed by atoms with Crippen LogP contribution in [0.2, 0.25) is 10.0 Å². The summed E-state index contributed by atoms with van der Waals surface area (Å²) in [5.74, 6) is 0.586. The van der Waals surface area contributed by atoms with Gasteiger partial charge in [0.2, 0.25) is 0 Å². The van der Waals surface area contributed by atoms with E-state index < -0.39 is 6.10 Å². The van der Waals surface area contributed by atoms with Gasteiger partial charge in [0, 0.05) is 19.2 Å². The van der Waals surface area contributed by atoms with Gasteiger partial charge < -0.3 is 15.2 Å². The molecule has 0 spiro atoms. The van der Waals surface area contributed by atoms with Crippen LogP contribution >= 0.6 is 23.2 Å². The average molecular weight is 290 g/mol. The molecule has 1 unspecified atom stereocenters. The molecule has 2 N–H and O–H groups in total. The summed E-state index contributed by atoms with van der Waals surface area (Å²) in [5.41, 5.74) is 1.02. The minimum Gasteiger partial charge on any atom is -0.491 e. The van der Waals surface area contributed by atoms with E-state index in [1.807, 2.05) is 6.92 Å². The Bertz CT molecular complexity index is 410. The molecule has 0 fully saturated rings. The lowest BCUT2D eigenvalue weighted by atomic mass is 10.3. The first-order valence-electron chi connectivity index (χ1n) is 5.60. The van der Waals surface area contributed by atoms with E-state index >= 15 is 0 Å². The predicted molar refractivity (Wildman–Crippen MR) is 75.6 cm³/mol. The molecule has 18 heavy (non-hydrogen) atoms. The van der Waals surface area contributed by atoms with Crippen molar-refractivity contribution in [2.75, 3.05) is 19.7 Å². The first-order chi connectivity index (χ1) is 8.49. The van der Waals surface area contributed by atoms with Gasteiger partial charge in [0.25, 0.3) is 0 Å². The van der Waals surface area contributed by atoms with E-state index in [9.17, 15) is 5.11 Å². The number of benzene rings is 1. The molecule has 0 bridgehead atoms. The second-order valence-electron chi connectivity index (χ2n) is 4.13. The summed E-state index contributed by atoms with van der Waals surface area (Å²) in [5, 5.41) is 13.6. The van der Waals surface area contributed by atoms with Crippen molar-refractivity contribution in [3.63, 3.8) is 0 Å². The highest BCUT2D eigenvalue weighted by molar-refractivity contribution is 6.42. The monoisotopic (exact) mass is 289 g/mol. The van der Waals surface area contributed by atoms with Crippen molar-refractivity contribution in [3.05, 3.63) is 40.4 Å². The van der Waals surface area contributed by atoms with Gasteiger partial charge in [-0.25, -0.2) is 0 Å². The Hall–Kier alpha value is -0.740. The van der Waals surface area contributed by atoms with Gasteiger partial charge in [0.15, 0.2) is 0 Å². The summed E-state index contributed by atoms with van der Waals surface area (Å²) in [4.78, 5) is 0. The summed E-state index contributed by atoms with van der Waals surface area (Å²) in [6.45, 7) is 7.02. The van der Waals surface area contributed by atoms with Crippen molar-refractivity contribution in [2.24, 2.45) is 0 Å². The summed E-state index contributed by atoms with van der Waals surface area (Å²) in [6, 6.07) is 4.99. The van der Waals surface area contributed by atoms with Gasteiger partial charge in [0.1, 0.15) is 18.5 Å². The number of hydrogen-bond donors (Lipinski definition) is 2. The number of nitrogens with one attached hydrogen (secondary N) is 1. The van der Waals surface area contributed by atoms with Crippen molar-refractivity contribution >= 4 is 23.2 Å². The van der Waals surface area contributed by atoms with Gasteiger partial charge in [-0.15, -0.1) is 0 Å². The average Bonchev–Trinajstić information content (AvgIpc) is 2.30. The van der Waals surface area contributed by atoms with Crippen LogP contribution in [0.4, 0.5) is 0 Å². The van der Waals surface area contributed by atoms with Crippen molar-refractivity contribution in [1.29, 1.82) is 0 Å². The molecule has 0 radical (unpaired) electrons. The van der Waals surface area contributed by atoms with Crippen LogP contribution in [-0.4, -0.2) is 30.9 Å². The van der Waals surface area contributed by atoms with Gasteiger partial charge in [-0.3, -0.25) is 0 Å². The standard InChI is InChI=1S/C13H17Cl2NO2/c1-9(2)6-16-7-10(17)8-18-11-3-4-12(14)13(15)5-11/h3-5,10,16-17H,1,6-8H2,2H3. The Balaban J connectivity index is 2.31. The molecule has 0 amide bonds. The van der Waals surface area contributed by atoms with Crippen LogP contribution in [0.3, 0.4) is 0 Å². The second kappa shape index (κ2) is 7.64. The van der Waals surface area contributed by atoms with E-state index in [1.165, 1.54) is 0 Å². The zero-order valence-electron chi connectivity index (χ0n) is 10.2. The summed E-state index contributed by atoms with van der Waals surface area (Å²) < 4.78 is 5.41. The molecule has 1 atom stereocenters. The van der Waals surface area contributed by atoms with Gasteiger partial charge >= 0.3 is 0 Å². The first kappa shape index (κ1) is 15.3. The zero-order chi connectivity index (χ0) is 13.5. The van der Waals surface area contributed by atoms with Gasteiger partial charge in [0.05, 0.1) is 10.0 Å². The van der Waals surface area contributed by atoms with E-state index in [1.54, 1.807) is 18.2 Å². The van der Waals surface area contributed by atoms with Crippen LogP contribution in [-0.2, 0) is 0 Å². The Morgan fingerprint density at radius 2 is 2.17 bits per heavy atom. The molecule has 3 nitrogen and oxygen atoms in total. The molecule has 5 heteroatoms. The first-order valence-corrected chi connectivity index (χ1v) is 6.35. The molecular weight excluding hydrogens is 273 g/mol. The van der Waals surface area contributed by atoms with Crippen LogP contribution < -0.4 is 10.1 Å². The van der Waals surface area contributed by atoms with E-state index in [0.717, 1.165) is 5.57 Å². The lowest BCUT2D eigenvalue weighted by Crippen LogP contribution is -2.32. The molecule has 0 saturated carbocycles. The normalized spacial score (nSPS) is 12.2. The van der Waals surface area contributed by atoms with Gasteiger partial charge in [-0.05, 0) is 19.1 Å². The Labute approximate surface area is 117 Å². The lowest BCUT2D eigenvalue weighted by Gasteiger charge is -2.13. The number of aliphatic hydroxyl groups is 1. The second-order valence-corrected chi connectivity index (χ2v) is 4.94. The molecule has 1 aromatic carbocycles. The molecule has 0 aliphatic carbocycles. The van der Waals surface area contributed by atoms with Crippen molar-refractivity contribution in [1.82, 2.24) is 5.32 Å². The fourth-order valence-electron chi connectivity index (χ4n) is 1.27. The van der Waals surface area contributed by atoms with Crippen LogP contribution in [0, 0.1) is 0 Å². The number of ether oxygens (including phenoxy) is 1. The topological polar surface area (TPSA) is 41.5 Å². The maximum Gasteiger partial charge on any atom is 0.121 e. The molecule has 0 heterocycles. The fourth-order valence-corrected chi connectivity index (χ4v) is 1.56. The van der Waals surface area contributed by atoms with Crippen molar-refractivity contribution in [2.45, 2.75) is 13.0 Å². The largest absolute Gasteiger partial charge is 0.491 e. The molecule has 1 rings (SSSR count). The predicted octanol–water partition coefficient (Wildman–Crippen LogP) is 2.90.